The highest BCUT2D eigenvalue weighted by atomic mass is 16.5. The van der Waals surface area contributed by atoms with E-state index in [1.807, 2.05) is 13.8 Å². The first-order chi connectivity index (χ1) is 8.47. The van der Waals surface area contributed by atoms with E-state index < -0.39 is 11.9 Å². The van der Waals surface area contributed by atoms with Crippen molar-refractivity contribution in [2.24, 2.45) is 17.5 Å². The number of carbonyl (C=O) groups excluding carboxylic acids is 1. The van der Waals surface area contributed by atoms with E-state index in [1.54, 1.807) is 0 Å². The summed E-state index contributed by atoms with van der Waals surface area (Å²) in [7, 11) is 1.41. The lowest BCUT2D eigenvalue weighted by Gasteiger charge is -2.19. The fraction of sp³-hybridized carbons (Fsp3) is 0.556. The Hall–Kier alpha value is -2.16. The summed E-state index contributed by atoms with van der Waals surface area (Å²) in [5.74, 6) is 4.99. The van der Waals surface area contributed by atoms with Crippen molar-refractivity contribution >= 4 is 17.8 Å². The van der Waals surface area contributed by atoms with Crippen molar-refractivity contribution in [2.75, 3.05) is 17.9 Å². The summed E-state index contributed by atoms with van der Waals surface area (Å²) >= 11 is 0. The Bertz CT molecular complexity index is 401. The molecule has 1 rings (SSSR count). The zero-order valence-corrected chi connectivity index (χ0v) is 10.5. The summed E-state index contributed by atoms with van der Waals surface area (Å²) in [5, 5.41) is 2.82. The van der Waals surface area contributed by atoms with E-state index in [4.69, 9.17) is 16.3 Å². The largest absolute Gasteiger partial charge is 0.467 e. The standard InChI is InChI=1S/C9H17N7O2/c1-4(2)5(6(10)17)12-7-13-8(16-11)15-9(14-7)18-3/h4-5H,11H2,1-3H3,(H2,10,17)(H2,12,13,14,15,16). The number of nitrogen functional groups attached to an aromatic ring is 1. The zero-order chi connectivity index (χ0) is 13.7. The lowest BCUT2D eigenvalue weighted by molar-refractivity contribution is -0.119. The molecule has 18 heavy (non-hydrogen) atoms. The lowest BCUT2D eigenvalue weighted by atomic mass is 10.0. The van der Waals surface area contributed by atoms with Crippen molar-refractivity contribution < 1.29 is 9.53 Å². The van der Waals surface area contributed by atoms with Gasteiger partial charge >= 0.3 is 6.01 Å². The monoisotopic (exact) mass is 255 g/mol. The van der Waals surface area contributed by atoms with Gasteiger partial charge in [-0.15, -0.1) is 0 Å². The number of anilines is 2. The van der Waals surface area contributed by atoms with Crippen LogP contribution in [0.15, 0.2) is 0 Å². The molecule has 9 nitrogen and oxygen atoms in total. The predicted molar refractivity (Wildman–Crippen MR) is 65.6 cm³/mol. The molecule has 1 atom stereocenters. The highest BCUT2D eigenvalue weighted by Crippen LogP contribution is 2.13. The van der Waals surface area contributed by atoms with E-state index in [1.165, 1.54) is 7.11 Å². The molecule has 0 fully saturated rings. The highest BCUT2D eigenvalue weighted by Gasteiger charge is 2.21. The fourth-order valence-corrected chi connectivity index (χ4v) is 1.28. The molecular formula is C9H17N7O2. The molecule has 0 radical (unpaired) electrons. The molecule has 0 spiro atoms. The maximum absolute atomic E-state index is 11.3. The molecule has 1 amide bonds. The van der Waals surface area contributed by atoms with Crippen LogP contribution >= 0.6 is 0 Å². The van der Waals surface area contributed by atoms with Gasteiger partial charge in [0.25, 0.3) is 0 Å². The number of amides is 1. The van der Waals surface area contributed by atoms with Gasteiger partial charge in [-0.05, 0) is 5.92 Å². The number of nitrogens with two attached hydrogens (primary N) is 2. The zero-order valence-electron chi connectivity index (χ0n) is 10.5. The molecule has 0 saturated carbocycles. The normalized spacial score (nSPS) is 12.1. The van der Waals surface area contributed by atoms with E-state index in [2.05, 4.69) is 25.7 Å². The molecular weight excluding hydrogens is 238 g/mol. The van der Waals surface area contributed by atoms with Crippen LogP contribution in [0.25, 0.3) is 0 Å². The Balaban J connectivity index is 2.98. The van der Waals surface area contributed by atoms with Gasteiger partial charge in [0, 0.05) is 0 Å². The van der Waals surface area contributed by atoms with Crippen LogP contribution in [-0.2, 0) is 4.79 Å². The van der Waals surface area contributed by atoms with Crippen LogP contribution in [0.3, 0.4) is 0 Å². The molecule has 100 valence electrons. The molecule has 1 aromatic heterocycles. The van der Waals surface area contributed by atoms with Gasteiger partial charge in [-0.25, -0.2) is 5.84 Å². The maximum Gasteiger partial charge on any atom is 0.322 e. The first kappa shape index (κ1) is 13.9. The first-order valence-electron chi connectivity index (χ1n) is 5.30. The van der Waals surface area contributed by atoms with Crippen LogP contribution in [0.1, 0.15) is 13.8 Å². The summed E-state index contributed by atoms with van der Waals surface area (Å²) in [6, 6.07) is -0.518. The molecule has 0 aliphatic heterocycles. The third-order valence-corrected chi connectivity index (χ3v) is 2.18. The predicted octanol–water partition coefficient (Wildman–Crippen LogP) is -0.912. The van der Waals surface area contributed by atoms with Crippen molar-refractivity contribution in [2.45, 2.75) is 19.9 Å². The number of hydrazine groups is 1. The summed E-state index contributed by atoms with van der Waals surface area (Å²) in [5.41, 5.74) is 7.56. The molecule has 9 heteroatoms. The van der Waals surface area contributed by atoms with Crippen LogP contribution in [0.2, 0.25) is 0 Å². The Morgan fingerprint density at radius 1 is 1.28 bits per heavy atom. The molecule has 1 heterocycles. The average molecular weight is 255 g/mol. The second kappa shape index (κ2) is 5.96. The number of methoxy groups -OCH3 is 1. The number of rotatable bonds is 6. The van der Waals surface area contributed by atoms with Crippen molar-refractivity contribution in [3.8, 4) is 6.01 Å². The van der Waals surface area contributed by atoms with Crippen LogP contribution < -0.4 is 27.1 Å². The number of hydrogen-bond donors (Lipinski definition) is 4. The van der Waals surface area contributed by atoms with Crippen LogP contribution in [-0.4, -0.2) is 34.0 Å². The smallest absolute Gasteiger partial charge is 0.322 e. The second-order valence-electron chi connectivity index (χ2n) is 3.88. The number of nitrogens with zero attached hydrogens (tertiary/aromatic N) is 3. The minimum atomic E-state index is -0.595. The Morgan fingerprint density at radius 2 is 1.89 bits per heavy atom. The Morgan fingerprint density at radius 3 is 2.33 bits per heavy atom. The number of hydrogen-bond acceptors (Lipinski definition) is 8. The van der Waals surface area contributed by atoms with Gasteiger partial charge in [0.2, 0.25) is 17.8 Å². The molecule has 0 aliphatic rings. The van der Waals surface area contributed by atoms with Crippen molar-refractivity contribution in [1.29, 1.82) is 0 Å². The molecule has 0 aliphatic carbocycles. The minimum Gasteiger partial charge on any atom is -0.467 e. The van der Waals surface area contributed by atoms with Gasteiger partial charge in [-0.3, -0.25) is 10.2 Å². The van der Waals surface area contributed by atoms with Gasteiger partial charge in [0.05, 0.1) is 7.11 Å². The van der Waals surface area contributed by atoms with Crippen molar-refractivity contribution in [3.05, 3.63) is 0 Å². The maximum atomic E-state index is 11.3. The number of nitrogens with one attached hydrogen (secondary N) is 2. The highest BCUT2D eigenvalue weighted by molar-refractivity contribution is 5.82. The number of carbonyl (C=O) groups is 1. The minimum absolute atomic E-state index is 0.0143. The quantitative estimate of drug-likeness (QED) is 0.378. The van der Waals surface area contributed by atoms with E-state index in [9.17, 15) is 4.79 Å². The third-order valence-electron chi connectivity index (χ3n) is 2.18. The first-order valence-corrected chi connectivity index (χ1v) is 5.30. The number of primary amides is 1. The van der Waals surface area contributed by atoms with E-state index in [-0.39, 0.29) is 23.8 Å². The summed E-state index contributed by atoms with van der Waals surface area (Å²) in [6.45, 7) is 3.70. The van der Waals surface area contributed by atoms with Crippen LogP contribution in [0.5, 0.6) is 6.01 Å². The van der Waals surface area contributed by atoms with Gasteiger partial charge < -0.3 is 15.8 Å². The molecule has 0 bridgehead atoms. The Kier molecular flexibility index (Phi) is 4.60. The molecule has 0 aromatic carbocycles. The Labute approximate surface area is 104 Å². The van der Waals surface area contributed by atoms with E-state index >= 15 is 0 Å². The van der Waals surface area contributed by atoms with E-state index in [0.717, 1.165) is 0 Å². The summed E-state index contributed by atoms with van der Waals surface area (Å²) in [4.78, 5) is 23.0. The number of aromatic nitrogens is 3. The average Bonchev–Trinajstić information content (AvgIpc) is 2.34. The lowest BCUT2D eigenvalue weighted by Crippen LogP contribution is -2.40. The van der Waals surface area contributed by atoms with E-state index in [0.29, 0.717) is 0 Å². The molecule has 1 unspecified atom stereocenters. The van der Waals surface area contributed by atoms with Gasteiger partial charge in [0.15, 0.2) is 0 Å². The molecule has 6 N–H and O–H groups in total. The molecule has 1 aromatic rings. The van der Waals surface area contributed by atoms with Crippen molar-refractivity contribution in [1.82, 2.24) is 15.0 Å². The SMILES string of the molecule is COc1nc(NN)nc(NC(C(N)=O)C(C)C)n1. The van der Waals surface area contributed by atoms with Gasteiger partial charge in [-0.2, -0.15) is 15.0 Å². The van der Waals surface area contributed by atoms with Gasteiger partial charge in [0.1, 0.15) is 6.04 Å². The van der Waals surface area contributed by atoms with Crippen LogP contribution in [0.4, 0.5) is 11.9 Å². The summed E-state index contributed by atoms with van der Waals surface area (Å²) < 4.78 is 4.89. The van der Waals surface area contributed by atoms with Gasteiger partial charge in [-0.1, -0.05) is 13.8 Å². The summed E-state index contributed by atoms with van der Waals surface area (Å²) in [6.07, 6.45) is 0. The fourth-order valence-electron chi connectivity index (χ4n) is 1.28. The van der Waals surface area contributed by atoms with Crippen molar-refractivity contribution in [3.63, 3.8) is 0 Å². The third kappa shape index (κ3) is 3.42. The molecule has 0 saturated heterocycles. The topological polar surface area (TPSA) is 141 Å². The van der Waals surface area contributed by atoms with Crippen LogP contribution in [0, 0.1) is 5.92 Å². The second-order valence-corrected chi connectivity index (χ2v) is 3.88. The number of ether oxygens (including phenoxy) is 1.